The molecule has 4 rings (SSSR count). The summed E-state index contributed by atoms with van der Waals surface area (Å²) in [5.74, 6) is 0.437. The average molecular weight is 368 g/mol. The summed E-state index contributed by atoms with van der Waals surface area (Å²) < 4.78 is 11.0. The summed E-state index contributed by atoms with van der Waals surface area (Å²) in [6.45, 7) is 2.91. The minimum absolute atomic E-state index is 0.246. The summed E-state index contributed by atoms with van der Waals surface area (Å²) in [6.07, 6.45) is 0.987. The van der Waals surface area contributed by atoms with Crippen molar-refractivity contribution >= 4 is 22.9 Å². The molecule has 2 N–H and O–H groups in total. The number of nitrogens with one attached hydrogen (secondary N) is 1. The number of carbonyl (C=O) groups excluding carboxylic acids is 1. The minimum atomic E-state index is -0.672. The summed E-state index contributed by atoms with van der Waals surface area (Å²) in [6, 6.07) is 10.2. The molecule has 1 aliphatic rings. The van der Waals surface area contributed by atoms with Gasteiger partial charge in [0.2, 0.25) is 5.89 Å². The number of aliphatic hydroxyl groups is 1. The maximum Gasteiger partial charge on any atom is 0.322 e. The molecule has 8 nitrogen and oxygen atoms in total. The monoisotopic (exact) mass is 368 g/mol. The van der Waals surface area contributed by atoms with Crippen molar-refractivity contribution in [2.45, 2.75) is 19.1 Å². The van der Waals surface area contributed by atoms with E-state index in [0.717, 1.165) is 5.56 Å². The lowest BCUT2D eigenvalue weighted by Crippen LogP contribution is -2.48. The normalized spacial score (nSPS) is 19.3. The molecule has 140 valence electrons. The van der Waals surface area contributed by atoms with Crippen LogP contribution in [-0.4, -0.2) is 57.9 Å². The van der Waals surface area contributed by atoms with Gasteiger partial charge in [0.05, 0.1) is 25.4 Å². The number of anilines is 1. The van der Waals surface area contributed by atoms with Gasteiger partial charge in [-0.25, -0.2) is 9.78 Å². The number of likely N-dealkylation sites (N-methyl/N-ethyl adjacent to an activating group) is 1. The molecule has 2 amide bonds. The number of benzene rings is 1. The zero-order valence-electron chi connectivity index (χ0n) is 14.8. The van der Waals surface area contributed by atoms with Gasteiger partial charge in [-0.2, -0.15) is 4.98 Å². The molecule has 1 fully saturated rings. The van der Waals surface area contributed by atoms with Gasteiger partial charge < -0.3 is 24.5 Å². The van der Waals surface area contributed by atoms with Crippen molar-refractivity contribution in [3.8, 4) is 11.5 Å². The van der Waals surface area contributed by atoms with E-state index in [1.807, 2.05) is 19.1 Å². The van der Waals surface area contributed by atoms with Gasteiger partial charge in [-0.1, -0.05) is 6.07 Å². The third kappa shape index (κ3) is 3.49. The Morgan fingerprint density at radius 1 is 1.33 bits per heavy atom. The van der Waals surface area contributed by atoms with Crippen LogP contribution in [0.3, 0.4) is 0 Å². The Balaban J connectivity index is 1.54. The molecule has 3 aromatic rings. The average Bonchev–Trinajstić information content (AvgIpc) is 3.29. The molecule has 0 bridgehead atoms. The molecule has 0 spiro atoms. The Morgan fingerprint density at radius 3 is 2.96 bits per heavy atom. The fourth-order valence-electron chi connectivity index (χ4n) is 3.18. The van der Waals surface area contributed by atoms with E-state index in [-0.39, 0.29) is 18.7 Å². The molecule has 8 heteroatoms. The van der Waals surface area contributed by atoms with E-state index in [1.54, 1.807) is 35.4 Å². The molecule has 2 aromatic heterocycles. The molecule has 1 aromatic carbocycles. The minimum Gasteiger partial charge on any atom is -0.434 e. The van der Waals surface area contributed by atoms with Gasteiger partial charge in [0.1, 0.15) is 0 Å². The van der Waals surface area contributed by atoms with Crippen LogP contribution in [0.5, 0.6) is 0 Å². The number of fused-ring (bicyclic) bond motifs is 1. The Kier molecular flexibility index (Phi) is 4.74. The van der Waals surface area contributed by atoms with Gasteiger partial charge in [0.25, 0.3) is 0 Å². The molecule has 0 radical (unpaired) electrons. The lowest BCUT2D eigenvalue weighted by atomic mass is 10.2. The number of oxazole rings is 1. The molecule has 27 heavy (non-hydrogen) atoms. The first-order chi connectivity index (χ1) is 13.2. The Bertz CT molecular complexity index is 925. The first-order valence-electron chi connectivity index (χ1n) is 8.81. The molecule has 0 unspecified atom stereocenters. The van der Waals surface area contributed by atoms with Gasteiger partial charge in [0, 0.05) is 24.0 Å². The van der Waals surface area contributed by atoms with Crippen LogP contribution in [0.1, 0.15) is 6.92 Å². The van der Waals surface area contributed by atoms with Gasteiger partial charge >= 0.3 is 6.03 Å². The summed E-state index contributed by atoms with van der Waals surface area (Å²) in [5.41, 5.74) is 2.49. The molecule has 0 aliphatic carbocycles. The Labute approximate surface area is 155 Å². The van der Waals surface area contributed by atoms with Crippen LogP contribution in [0.4, 0.5) is 10.5 Å². The maximum absolute atomic E-state index is 12.7. The number of rotatable bonds is 4. The van der Waals surface area contributed by atoms with Crippen LogP contribution < -0.4 is 5.32 Å². The lowest BCUT2D eigenvalue weighted by Gasteiger charge is -2.28. The van der Waals surface area contributed by atoms with Crippen molar-refractivity contribution in [3.63, 3.8) is 0 Å². The number of aromatic nitrogens is 2. The van der Waals surface area contributed by atoms with Crippen molar-refractivity contribution in [2.24, 2.45) is 0 Å². The number of hydrogen-bond acceptors (Lipinski definition) is 6. The van der Waals surface area contributed by atoms with Gasteiger partial charge in [-0.05, 0) is 37.3 Å². The zero-order chi connectivity index (χ0) is 18.8. The van der Waals surface area contributed by atoms with E-state index >= 15 is 0 Å². The van der Waals surface area contributed by atoms with E-state index < -0.39 is 6.10 Å². The first-order valence-corrected chi connectivity index (χ1v) is 8.81. The Hall–Kier alpha value is -2.97. The maximum atomic E-state index is 12.7. The SMILES string of the molecule is CCN(C(=O)Nc1cccc(-c2nc3ncccc3o2)c1)[C@H]1COC[C@@H]1O. The van der Waals surface area contributed by atoms with Crippen LogP contribution in [0.2, 0.25) is 0 Å². The van der Waals surface area contributed by atoms with Crippen LogP contribution in [0.15, 0.2) is 47.0 Å². The largest absolute Gasteiger partial charge is 0.434 e. The number of nitrogens with zero attached hydrogens (tertiary/aromatic N) is 3. The van der Waals surface area contributed by atoms with Crippen LogP contribution in [0.25, 0.3) is 22.7 Å². The predicted octanol–water partition coefficient (Wildman–Crippen LogP) is 2.50. The summed E-state index contributed by atoms with van der Waals surface area (Å²) >= 11 is 0. The van der Waals surface area contributed by atoms with E-state index in [2.05, 4.69) is 15.3 Å². The Morgan fingerprint density at radius 2 is 2.22 bits per heavy atom. The highest BCUT2D eigenvalue weighted by atomic mass is 16.5. The summed E-state index contributed by atoms with van der Waals surface area (Å²) in [4.78, 5) is 22.8. The highest BCUT2D eigenvalue weighted by Gasteiger charge is 2.33. The number of hydrogen-bond donors (Lipinski definition) is 2. The van der Waals surface area contributed by atoms with Crippen LogP contribution in [-0.2, 0) is 4.74 Å². The second kappa shape index (κ2) is 7.34. The van der Waals surface area contributed by atoms with Crippen molar-refractivity contribution in [3.05, 3.63) is 42.6 Å². The summed E-state index contributed by atoms with van der Waals surface area (Å²) in [5, 5.41) is 12.9. The predicted molar refractivity (Wildman–Crippen MR) is 99.3 cm³/mol. The van der Waals surface area contributed by atoms with Crippen molar-refractivity contribution in [2.75, 3.05) is 25.1 Å². The smallest absolute Gasteiger partial charge is 0.322 e. The second-order valence-electron chi connectivity index (χ2n) is 6.31. The fraction of sp³-hybridized carbons (Fsp3) is 0.316. The number of carbonyl (C=O) groups is 1. The molecule has 3 heterocycles. The number of aliphatic hydroxyl groups excluding tert-OH is 1. The molecular weight excluding hydrogens is 348 g/mol. The highest BCUT2D eigenvalue weighted by Crippen LogP contribution is 2.25. The number of pyridine rings is 1. The van der Waals surface area contributed by atoms with Crippen molar-refractivity contribution in [1.82, 2.24) is 14.9 Å². The van der Waals surface area contributed by atoms with E-state index in [9.17, 15) is 9.90 Å². The topological polar surface area (TPSA) is 101 Å². The van der Waals surface area contributed by atoms with Gasteiger partial charge in [-0.3, -0.25) is 0 Å². The van der Waals surface area contributed by atoms with E-state index in [1.165, 1.54) is 0 Å². The van der Waals surface area contributed by atoms with Gasteiger partial charge in [0.15, 0.2) is 11.2 Å². The number of amides is 2. The standard InChI is InChI=1S/C19H20N4O4/c1-2-23(14-10-26-11-15(14)24)19(25)21-13-6-3-5-12(9-13)18-22-17-16(27-18)7-4-8-20-17/h3-9,14-15,24H,2,10-11H2,1H3,(H,21,25)/t14-,15-/m0/s1. The number of urea groups is 1. The molecular formula is C19H20N4O4. The first kappa shape index (κ1) is 17.4. The lowest BCUT2D eigenvalue weighted by molar-refractivity contribution is 0.1000. The van der Waals surface area contributed by atoms with Crippen LogP contribution >= 0.6 is 0 Å². The van der Waals surface area contributed by atoms with Crippen LogP contribution in [0, 0.1) is 0 Å². The molecule has 1 saturated heterocycles. The second-order valence-corrected chi connectivity index (χ2v) is 6.31. The molecule has 1 aliphatic heterocycles. The van der Waals surface area contributed by atoms with E-state index in [0.29, 0.717) is 36.0 Å². The molecule has 0 saturated carbocycles. The zero-order valence-corrected chi connectivity index (χ0v) is 14.8. The van der Waals surface area contributed by atoms with Crippen molar-refractivity contribution < 1.29 is 19.1 Å². The van der Waals surface area contributed by atoms with E-state index in [4.69, 9.17) is 9.15 Å². The highest BCUT2D eigenvalue weighted by molar-refractivity contribution is 5.90. The van der Waals surface area contributed by atoms with Gasteiger partial charge in [-0.15, -0.1) is 0 Å². The third-order valence-corrected chi connectivity index (χ3v) is 4.55. The quantitative estimate of drug-likeness (QED) is 0.734. The third-order valence-electron chi connectivity index (χ3n) is 4.55. The van der Waals surface area contributed by atoms with Crippen molar-refractivity contribution in [1.29, 1.82) is 0 Å². The number of ether oxygens (including phenoxy) is 1. The summed E-state index contributed by atoms with van der Waals surface area (Å²) in [7, 11) is 0. The fourth-order valence-corrected chi connectivity index (χ4v) is 3.18. The molecule has 2 atom stereocenters.